The van der Waals surface area contributed by atoms with Crippen molar-refractivity contribution < 1.29 is 14.5 Å². The monoisotopic (exact) mass is 380 g/mol. The number of carbonyl (C=O) groups is 1. The van der Waals surface area contributed by atoms with Crippen LogP contribution in [0.3, 0.4) is 0 Å². The lowest BCUT2D eigenvalue weighted by atomic mass is 10.2. The number of methoxy groups -OCH3 is 1. The predicted molar refractivity (Wildman–Crippen MR) is 96.7 cm³/mol. The van der Waals surface area contributed by atoms with Crippen LogP contribution in [0, 0.1) is 10.1 Å². The minimum atomic E-state index is -0.505. The van der Waals surface area contributed by atoms with Gasteiger partial charge in [0.05, 0.1) is 23.8 Å². The summed E-state index contributed by atoms with van der Waals surface area (Å²) in [5.41, 5.74) is 0.217. The lowest BCUT2D eigenvalue weighted by molar-refractivity contribution is -0.384. The summed E-state index contributed by atoms with van der Waals surface area (Å²) in [4.78, 5) is 24.8. The molecule has 0 saturated carbocycles. The minimum Gasteiger partial charge on any atom is -0.495 e. The number of nitro benzene ring substituents is 1. The Hall–Kier alpha value is -1.61. The maximum atomic E-state index is 12.4. The fourth-order valence-corrected chi connectivity index (χ4v) is 2.38. The normalized spacial score (nSPS) is 15.4. The topological polar surface area (TPSA) is 96.7 Å². The van der Waals surface area contributed by atoms with Crippen molar-refractivity contribution in [1.82, 2.24) is 10.2 Å². The number of halogens is 2. The summed E-state index contributed by atoms with van der Waals surface area (Å²) in [6.45, 7) is 5.10. The lowest BCUT2D eigenvalue weighted by Crippen LogP contribution is -2.51. The second kappa shape index (κ2) is 10.3. The molecule has 136 valence electrons. The quantitative estimate of drug-likeness (QED) is 0.595. The number of piperazine rings is 1. The maximum absolute atomic E-state index is 12.4. The van der Waals surface area contributed by atoms with Crippen LogP contribution in [0.1, 0.15) is 6.92 Å². The molecule has 8 nitrogen and oxygen atoms in total. The summed E-state index contributed by atoms with van der Waals surface area (Å²) < 4.78 is 5.15. The molecule has 1 aliphatic heterocycles. The summed E-state index contributed by atoms with van der Waals surface area (Å²) in [6, 6.07) is 3.81. The van der Waals surface area contributed by atoms with Gasteiger partial charge in [0.25, 0.3) is 5.69 Å². The minimum absolute atomic E-state index is 0. The predicted octanol–water partition coefficient (Wildman–Crippen LogP) is 1.68. The third-order valence-corrected chi connectivity index (χ3v) is 3.73. The van der Waals surface area contributed by atoms with E-state index in [0.717, 1.165) is 26.2 Å². The van der Waals surface area contributed by atoms with Crippen LogP contribution in [0.2, 0.25) is 0 Å². The first kappa shape index (κ1) is 22.4. The summed E-state index contributed by atoms with van der Waals surface area (Å²) in [5.74, 6) is 0.187. The second-order valence-corrected chi connectivity index (χ2v) is 5.09. The van der Waals surface area contributed by atoms with Gasteiger partial charge < -0.3 is 15.4 Å². The molecular weight excluding hydrogens is 359 g/mol. The number of nitrogens with zero attached hydrogens (tertiary/aromatic N) is 2. The van der Waals surface area contributed by atoms with Crippen molar-refractivity contribution in [2.24, 2.45) is 0 Å². The van der Waals surface area contributed by atoms with Crippen molar-refractivity contribution in [3.8, 4) is 5.75 Å². The van der Waals surface area contributed by atoms with Gasteiger partial charge in [0, 0.05) is 38.3 Å². The zero-order chi connectivity index (χ0) is 16.1. The van der Waals surface area contributed by atoms with Crippen LogP contribution in [0.5, 0.6) is 5.75 Å². The first-order valence-electron chi connectivity index (χ1n) is 7.11. The number of anilines is 1. The smallest absolute Gasteiger partial charge is 0.271 e. The Morgan fingerprint density at radius 1 is 1.38 bits per heavy atom. The van der Waals surface area contributed by atoms with Crippen molar-refractivity contribution >= 4 is 42.1 Å². The molecule has 1 saturated heterocycles. The fourth-order valence-electron chi connectivity index (χ4n) is 2.38. The van der Waals surface area contributed by atoms with Gasteiger partial charge in [0.2, 0.25) is 5.91 Å². The molecule has 1 aromatic rings. The van der Waals surface area contributed by atoms with Crippen molar-refractivity contribution in [3.63, 3.8) is 0 Å². The van der Waals surface area contributed by atoms with Gasteiger partial charge in [0.15, 0.2) is 0 Å². The van der Waals surface area contributed by atoms with Gasteiger partial charge >= 0.3 is 0 Å². The fraction of sp³-hybridized carbons (Fsp3) is 0.500. The molecule has 0 radical (unpaired) electrons. The summed E-state index contributed by atoms with van der Waals surface area (Å²) in [6.07, 6.45) is 0. The molecule has 24 heavy (non-hydrogen) atoms. The van der Waals surface area contributed by atoms with E-state index in [1.807, 2.05) is 6.92 Å². The van der Waals surface area contributed by atoms with Crippen LogP contribution in [0.4, 0.5) is 11.4 Å². The van der Waals surface area contributed by atoms with E-state index in [9.17, 15) is 14.9 Å². The number of rotatable bonds is 5. The number of ether oxygens (including phenoxy) is 1. The van der Waals surface area contributed by atoms with Gasteiger partial charge in [0.1, 0.15) is 5.75 Å². The van der Waals surface area contributed by atoms with E-state index >= 15 is 0 Å². The van der Waals surface area contributed by atoms with Crippen molar-refractivity contribution in [1.29, 1.82) is 0 Å². The van der Waals surface area contributed by atoms with Gasteiger partial charge in [-0.3, -0.25) is 19.8 Å². The highest BCUT2D eigenvalue weighted by Gasteiger charge is 2.24. The van der Waals surface area contributed by atoms with Gasteiger partial charge in [-0.15, -0.1) is 24.8 Å². The SMILES string of the molecule is COc1ccc([N+](=O)[O-])cc1NC(=O)C(C)N1CCNCC1.Cl.Cl. The van der Waals surface area contributed by atoms with E-state index in [1.54, 1.807) is 0 Å². The standard InChI is InChI=1S/C14H20N4O4.2ClH/c1-10(17-7-5-15-6-8-17)14(19)16-12-9-11(18(20)21)3-4-13(12)22-2;;/h3-4,9-10,15H,5-8H2,1-2H3,(H,16,19);2*1H. The number of hydrogen-bond donors (Lipinski definition) is 2. The molecule has 1 fully saturated rings. The van der Waals surface area contributed by atoms with Crippen LogP contribution >= 0.6 is 24.8 Å². The van der Waals surface area contributed by atoms with Crippen LogP contribution in [-0.4, -0.2) is 55.1 Å². The third kappa shape index (κ3) is 5.48. The molecule has 2 rings (SSSR count). The van der Waals surface area contributed by atoms with Crippen LogP contribution < -0.4 is 15.4 Å². The molecule has 1 heterocycles. The average Bonchev–Trinajstić information content (AvgIpc) is 2.54. The van der Waals surface area contributed by atoms with Crippen LogP contribution in [0.15, 0.2) is 18.2 Å². The van der Waals surface area contributed by atoms with E-state index in [-0.39, 0.29) is 42.5 Å². The zero-order valence-corrected chi connectivity index (χ0v) is 15.1. The number of amides is 1. The Kier molecular flexibility index (Phi) is 9.60. The Balaban J connectivity index is 0.00000264. The molecule has 1 atom stereocenters. The van der Waals surface area contributed by atoms with E-state index in [2.05, 4.69) is 15.5 Å². The summed E-state index contributed by atoms with van der Waals surface area (Å²) >= 11 is 0. The Morgan fingerprint density at radius 2 is 2.00 bits per heavy atom. The van der Waals surface area contributed by atoms with Gasteiger partial charge in [-0.25, -0.2) is 0 Å². The van der Waals surface area contributed by atoms with Gasteiger partial charge in [-0.1, -0.05) is 0 Å². The molecule has 10 heteroatoms. The number of benzene rings is 1. The van der Waals surface area contributed by atoms with E-state index in [1.165, 1.54) is 25.3 Å². The average molecular weight is 381 g/mol. The Labute approximate surface area is 152 Å². The van der Waals surface area contributed by atoms with E-state index in [4.69, 9.17) is 4.74 Å². The van der Waals surface area contributed by atoms with Crippen LogP contribution in [0.25, 0.3) is 0 Å². The number of nitrogens with one attached hydrogen (secondary N) is 2. The summed E-state index contributed by atoms with van der Waals surface area (Å²) in [5, 5.41) is 16.8. The van der Waals surface area contributed by atoms with Crippen molar-refractivity contribution in [2.45, 2.75) is 13.0 Å². The molecule has 1 amide bonds. The maximum Gasteiger partial charge on any atom is 0.271 e. The molecule has 0 spiro atoms. The van der Waals surface area contributed by atoms with Gasteiger partial charge in [-0.2, -0.15) is 0 Å². The Morgan fingerprint density at radius 3 is 2.54 bits per heavy atom. The van der Waals surface area contributed by atoms with Crippen LogP contribution in [-0.2, 0) is 4.79 Å². The Bertz CT molecular complexity index is 568. The number of carbonyl (C=O) groups excluding carboxylic acids is 1. The van der Waals surface area contributed by atoms with Crippen molar-refractivity contribution in [3.05, 3.63) is 28.3 Å². The molecule has 0 aromatic heterocycles. The highest BCUT2D eigenvalue weighted by molar-refractivity contribution is 5.96. The number of hydrogen-bond acceptors (Lipinski definition) is 6. The molecule has 0 bridgehead atoms. The zero-order valence-electron chi connectivity index (χ0n) is 13.5. The largest absolute Gasteiger partial charge is 0.495 e. The van der Waals surface area contributed by atoms with E-state index in [0.29, 0.717) is 11.4 Å². The highest BCUT2D eigenvalue weighted by atomic mass is 35.5. The third-order valence-electron chi connectivity index (χ3n) is 3.73. The molecule has 1 aliphatic rings. The first-order valence-corrected chi connectivity index (χ1v) is 7.11. The second-order valence-electron chi connectivity index (χ2n) is 5.09. The molecule has 2 N–H and O–H groups in total. The van der Waals surface area contributed by atoms with Gasteiger partial charge in [-0.05, 0) is 13.0 Å². The van der Waals surface area contributed by atoms with E-state index < -0.39 is 4.92 Å². The molecule has 1 unspecified atom stereocenters. The first-order chi connectivity index (χ1) is 10.5. The number of non-ortho nitro benzene ring substituents is 1. The molecular formula is C14H22Cl2N4O4. The van der Waals surface area contributed by atoms with Crippen molar-refractivity contribution in [2.75, 3.05) is 38.6 Å². The molecule has 0 aliphatic carbocycles. The number of nitro groups is 1. The summed E-state index contributed by atoms with van der Waals surface area (Å²) in [7, 11) is 1.45. The molecule has 1 aromatic carbocycles. The highest BCUT2D eigenvalue weighted by Crippen LogP contribution is 2.29. The lowest BCUT2D eigenvalue weighted by Gasteiger charge is -2.31.